The van der Waals surface area contributed by atoms with Crippen LogP contribution in [0.15, 0.2) is 29.7 Å². The number of anilines is 1. The number of thiophene rings is 1. The van der Waals surface area contributed by atoms with Gasteiger partial charge >= 0.3 is 11.9 Å². The Morgan fingerprint density at radius 3 is 2.38 bits per heavy atom. The van der Waals surface area contributed by atoms with Crippen molar-refractivity contribution >= 4 is 39.7 Å². The molecule has 0 radical (unpaired) electrons. The Kier molecular flexibility index (Phi) is 8.10. The predicted molar refractivity (Wildman–Crippen MR) is 96.2 cm³/mol. The van der Waals surface area contributed by atoms with Crippen LogP contribution in [0.4, 0.5) is 5.13 Å². The monoisotopic (exact) mass is 369 g/mol. The van der Waals surface area contributed by atoms with E-state index < -0.39 is 11.9 Å². The quantitative estimate of drug-likeness (QED) is 0.577. The lowest BCUT2D eigenvalue weighted by Gasteiger charge is -2.05. The summed E-state index contributed by atoms with van der Waals surface area (Å²) in [5, 5.41) is 21.7. The summed E-state index contributed by atoms with van der Waals surface area (Å²) in [5.41, 5.74) is 6.61. The van der Waals surface area contributed by atoms with Gasteiger partial charge in [-0.25, -0.2) is 14.6 Å². The van der Waals surface area contributed by atoms with Crippen LogP contribution in [0.5, 0.6) is 0 Å². The first-order valence-corrected chi connectivity index (χ1v) is 8.65. The molecule has 0 saturated carbocycles. The number of carboxylic acid groups (broad SMARTS) is 2. The maximum absolute atomic E-state index is 9.55. The van der Waals surface area contributed by atoms with Crippen molar-refractivity contribution in [1.82, 2.24) is 10.3 Å². The molecule has 0 aliphatic heterocycles. The molecule has 0 aromatic carbocycles. The second kappa shape index (κ2) is 9.81. The molecule has 2 heterocycles. The number of aliphatic carboxylic acids is 2. The summed E-state index contributed by atoms with van der Waals surface area (Å²) in [6.07, 6.45) is 1.12. The first-order valence-electron chi connectivity index (χ1n) is 6.95. The molecule has 2 aromatic heterocycles. The zero-order chi connectivity index (χ0) is 18.1. The summed E-state index contributed by atoms with van der Waals surface area (Å²) in [7, 11) is 0. The van der Waals surface area contributed by atoms with E-state index >= 15 is 0 Å². The fourth-order valence-electron chi connectivity index (χ4n) is 1.46. The molecule has 0 bridgehead atoms. The van der Waals surface area contributed by atoms with Gasteiger partial charge in [0, 0.05) is 35.0 Å². The minimum atomic E-state index is -1.26. The molecule has 0 saturated heterocycles. The number of carboxylic acids is 2. The van der Waals surface area contributed by atoms with Gasteiger partial charge in [-0.05, 0) is 12.1 Å². The summed E-state index contributed by atoms with van der Waals surface area (Å²) in [6, 6.07) is 4.77. The molecule has 2 rings (SSSR count). The molecule has 0 unspecified atom stereocenters. The lowest BCUT2D eigenvalue weighted by Crippen LogP contribution is -2.21. The number of carbonyl (C=O) groups is 2. The second-order valence-corrected chi connectivity index (χ2v) is 6.94. The molecular weight excluding hydrogens is 350 g/mol. The third-order valence-electron chi connectivity index (χ3n) is 2.49. The van der Waals surface area contributed by atoms with Gasteiger partial charge in [-0.1, -0.05) is 13.8 Å². The van der Waals surface area contributed by atoms with Gasteiger partial charge in [-0.3, -0.25) is 0 Å². The molecular formula is C15H19N3O4S2. The Balaban J connectivity index is 0.000000307. The van der Waals surface area contributed by atoms with Crippen molar-refractivity contribution in [1.29, 1.82) is 0 Å². The van der Waals surface area contributed by atoms with Crippen LogP contribution in [0.25, 0.3) is 10.6 Å². The zero-order valence-electron chi connectivity index (χ0n) is 13.2. The number of nitrogens with zero attached hydrogens (tertiary/aromatic N) is 1. The topological polar surface area (TPSA) is 126 Å². The molecule has 0 fully saturated rings. The number of nitrogen functional groups attached to an aromatic ring is 1. The Labute approximate surface area is 147 Å². The fourth-order valence-corrected chi connectivity index (χ4v) is 3.02. The average molecular weight is 369 g/mol. The number of hydrogen-bond donors (Lipinski definition) is 4. The minimum absolute atomic E-state index is 0.514. The van der Waals surface area contributed by atoms with E-state index in [2.05, 4.69) is 36.3 Å². The lowest BCUT2D eigenvalue weighted by atomic mass is 10.3. The fraction of sp³-hybridized carbons (Fsp3) is 0.267. The van der Waals surface area contributed by atoms with E-state index in [0.717, 1.165) is 12.2 Å². The number of hydrogen-bond acceptors (Lipinski definition) is 7. The maximum atomic E-state index is 9.55. The summed E-state index contributed by atoms with van der Waals surface area (Å²) in [4.78, 5) is 25.9. The van der Waals surface area contributed by atoms with E-state index in [-0.39, 0.29) is 0 Å². The third-order valence-corrected chi connectivity index (χ3v) is 4.27. The molecule has 0 atom stereocenters. The van der Waals surface area contributed by atoms with Gasteiger partial charge < -0.3 is 21.3 Å². The Morgan fingerprint density at radius 1 is 1.29 bits per heavy atom. The van der Waals surface area contributed by atoms with Gasteiger partial charge in [-0.2, -0.15) is 0 Å². The van der Waals surface area contributed by atoms with Crippen LogP contribution in [-0.4, -0.2) is 33.2 Å². The number of rotatable bonds is 6. The highest BCUT2D eigenvalue weighted by atomic mass is 32.1. The number of aromatic nitrogens is 1. The number of nitrogens with one attached hydrogen (secondary N) is 1. The van der Waals surface area contributed by atoms with E-state index in [4.69, 9.17) is 15.9 Å². The van der Waals surface area contributed by atoms with Crippen LogP contribution < -0.4 is 11.1 Å². The Bertz CT molecular complexity index is 691. The molecule has 0 aliphatic carbocycles. The Hall–Kier alpha value is -2.23. The smallest absolute Gasteiger partial charge is 0.328 e. The van der Waals surface area contributed by atoms with Crippen LogP contribution in [0, 0.1) is 0 Å². The van der Waals surface area contributed by atoms with Crippen LogP contribution in [0.3, 0.4) is 0 Å². The SMILES string of the molecule is CC(C)NCc1ccc(-c2csc(N)n2)s1.O=C(O)C=CC(=O)O. The van der Waals surface area contributed by atoms with Crippen molar-refractivity contribution in [2.24, 2.45) is 0 Å². The van der Waals surface area contributed by atoms with Crippen molar-refractivity contribution in [3.8, 4) is 10.6 Å². The molecule has 24 heavy (non-hydrogen) atoms. The third kappa shape index (κ3) is 7.86. The highest BCUT2D eigenvalue weighted by molar-refractivity contribution is 7.16. The molecule has 0 amide bonds. The minimum Gasteiger partial charge on any atom is -0.478 e. The highest BCUT2D eigenvalue weighted by Gasteiger charge is 2.06. The van der Waals surface area contributed by atoms with Crippen molar-refractivity contribution in [3.63, 3.8) is 0 Å². The second-order valence-electron chi connectivity index (χ2n) is 4.88. The molecule has 5 N–H and O–H groups in total. The highest BCUT2D eigenvalue weighted by Crippen LogP contribution is 2.29. The lowest BCUT2D eigenvalue weighted by molar-refractivity contribution is -0.134. The van der Waals surface area contributed by atoms with Crippen LogP contribution in [0.2, 0.25) is 0 Å². The Morgan fingerprint density at radius 2 is 1.92 bits per heavy atom. The molecule has 130 valence electrons. The van der Waals surface area contributed by atoms with E-state index in [0.29, 0.717) is 23.3 Å². The van der Waals surface area contributed by atoms with Gasteiger partial charge in [0.1, 0.15) is 0 Å². The summed E-state index contributed by atoms with van der Waals surface area (Å²) >= 11 is 3.25. The molecule has 2 aromatic rings. The van der Waals surface area contributed by atoms with Crippen LogP contribution in [0.1, 0.15) is 18.7 Å². The molecule has 9 heteroatoms. The summed E-state index contributed by atoms with van der Waals surface area (Å²) in [5.74, 6) is -2.51. The average Bonchev–Trinajstić information content (AvgIpc) is 3.12. The molecule has 0 aliphatic rings. The molecule has 0 spiro atoms. The maximum Gasteiger partial charge on any atom is 0.328 e. The zero-order valence-corrected chi connectivity index (χ0v) is 14.9. The van der Waals surface area contributed by atoms with Gasteiger partial charge in [-0.15, -0.1) is 22.7 Å². The van der Waals surface area contributed by atoms with Gasteiger partial charge in [0.15, 0.2) is 5.13 Å². The van der Waals surface area contributed by atoms with Gasteiger partial charge in [0.25, 0.3) is 0 Å². The van der Waals surface area contributed by atoms with Crippen molar-refractivity contribution in [2.45, 2.75) is 26.4 Å². The van der Waals surface area contributed by atoms with E-state index in [9.17, 15) is 9.59 Å². The van der Waals surface area contributed by atoms with Crippen molar-refractivity contribution in [3.05, 3.63) is 34.5 Å². The standard InChI is InChI=1S/C11H15N3S2.C4H4O4/c1-7(2)13-5-8-3-4-10(16-8)9-6-15-11(12)14-9;5-3(6)1-2-4(7)8/h3-4,6-7,13H,5H2,1-2H3,(H2,12,14);1-2H,(H,5,6)(H,7,8). The molecule has 7 nitrogen and oxygen atoms in total. The summed E-state index contributed by atoms with van der Waals surface area (Å²) in [6.45, 7) is 5.22. The largest absolute Gasteiger partial charge is 0.478 e. The summed E-state index contributed by atoms with van der Waals surface area (Å²) < 4.78 is 0. The number of nitrogens with two attached hydrogens (primary N) is 1. The van der Waals surface area contributed by atoms with Gasteiger partial charge in [0.05, 0.1) is 10.6 Å². The number of thiazole rings is 1. The predicted octanol–water partition coefficient (Wildman–Crippen LogP) is 2.66. The van der Waals surface area contributed by atoms with Crippen LogP contribution in [-0.2, 0) is 16.1 Å². The normalized spacial score (nSPS) is 10.6. The first-order chi connectivity index (χ1) is 11.3. The van der Waals surface area contributed by atoms with E-state index in [1.54, 1.807) is 11.3 Å². The van der Waals surface area contributed by atoms with E-state index in [1.807, 2.05) is 5.38 Å². The van der Waals surface area contributed by atoms with Crippen LogP contribution >= 0.6 is 22.7 Å². The van der Waals surface area contributed by atoms with Crippen molar-refractivity contribution in [2.75, 3.05) is 5.73 Å². The van der Waals surface area contributed by atoms with E-state index in [1.165, 1.54) is 21.1 Å². The van der Waals surface area contributed by atoms with Crippen molar-refractivity contribution < 1.29 is 19.8 Å². The first kappa shape index (κ1) is 19.8. The van der Waals surface area contributed by atoms with Gasteiger partial charge in [0.2, 0.25) is 0 Å².